The maximum absolute atomic E-state index is 6.21. The molecule has 0 saturated carbocycles. The maximum Gasteiger partial charge on any atom is 0.203 e. The van der Waals surface area contributed by atoms with Gasteiger partial charge in [-0.3, -0.25) is 5.43 Å². The zero-order valence-corrected chi connectivity index (χ0v) is 17.0. The van der Waals surface area contributed by atoms with Crippen molar-refractivity contribution in [3.63, 3.8) is 0 Å². The van der Waals surface area contributed by atoms with Gasteiger partial charge in [0.25, 0.3) is 0 Å². The lowest BCUT2D eigenvalue weighted by Crippen LogP contribution is -1.99. The van der Waals surface area contributed by atoms with Crippen LogP contribution >= 0.6 is 22.9 Å². The Morgan fingerprint density at radius 3 is 2.59 bits per heavy atom. The van der Waals surface area contributed by atoms with E-state index in [0.29, 0.717) is 11.6 Å². The fourth-order valence-electron chi connectivity index (χ4n) is 2.71. The van der Waals surface area contributed by atoms with Crippen molar-refractivity contribution >= 4 is 34.3 Å². The number of rotatable bonds is 7. The highest BCUT2D eigenvalue weighted by molar-refractivity contribution is 7.14. The van der Waals surface area contributed by atoms with Gasteiger partial charge in [-0.05, 0) is 18.2 Å². The molecule has 4 nitrogen and oxygen atoms in total. The van der Waals surface area contributed by atoms with Crippen molar-refractivity contribution < 1.29 is 4.74 Å². The number of nitrogens with one attached hydrogen (secondary N) is 1. The van der Waals surface area contributed by atoms with Crippen molar-refractivity contribution in [3.05, 3.63) is 100 Å². The predicted molar refractivity (Wildman–Crippen MR) is 121 cm³/mol. The first-order chi connectivity index (χ1) is 14.3. The van der Waals surface area contributed by atoms with Gasteiger partial charge in [-0.25, -0.2) is 4.98 Å². The van der Waals surface area contributed by atoms with Crippen LogP contribution in [0.2, 0.25) is 5.02 Å². The van der Waals surface area contributed by atoms with Gasteiger partial charge in [0, 0.05) is 27.1 Å². The number of thiazole rings is 1. The van der Waals surface area contributed by atoms with E-state index in [1.165, 1.54) is 11.3 Å². The Balaban J connectivity index is 1.41. The standard InChI is InChI=1S/C23H18ClN3OS/c24-20-12-6-4-11-19(20)15-28-22-13-7-5-10-18(22)14-25-27-23-26-21(16-29-23)17-8-2-1-3-9-17/h1-14,16H,15H2,(H,26,27)/b25-14-. The van der Waals surface area contributed by atoms with Crippen LogP contribution in [0, 0.1) is 0 Å². The van der Waals surface area contributed by atoms with Gasteiger partial charge in [-0.1, -0.05) is 72.3 Å². The second-order valence-electron chi connectivity index (χ2n) is 6.19. The van der Waals surface area contributed by atoms with Gasteiger partial charge < -0.3 is 4.74 Å². The minimum Gasteiger partial charge on any atom is -0.488 e. The highest BCUT2D eigenvalue weighted by Gasteiger charge is 2.05. The molecule has 0 amide bonds. The summed E-state index contributed by atoms with van der Waals surface area (Å²) in [5.74, 6) is 0.738. The number of nitrogens with zero attached hydrogens (tertiary/aromatic N) is 2. The zero-order valence-electron chi connectivity index (χ0n) is 15.5. The number of ether oxygens (including phenoxy) is 1. The number of aromatic nitrogens is 1. The van der Waals surface area contributed by atoms with E-state index >= 15 is 0 Å². The van der Waals surface area contributed by atoms with Crippen LogP contribution in [-0.4, -0.2) is 11.2 Å². The molecule has 0 aliphatic heterocycles. The summed E-state index contributed by atoms with van der Waals surface area (Å²) in [5.41, 5.74) is 6.81. The molecule has 0 bridgehead atoms. The minimum absolute atomic E-state index is 0.394. The number of hydrazone groups is 1. The molecule has 0 aliphatic rings. The third kappa shape index (κ3) is 5.02. The minimum atomic E-state index is 0.394. The SMILES string of the molecule is Clc1ccccc1COc1ccccc1/C=N\Nc1nc(-c2ccccc2)cs1. The molecule has 0 unspecified atom stereocenters. The predicted octanol–water partition coefficient (Wildman–Crippen LogP) is 6.49. The quantitative estimate of drug-likeness (QED) is 0.275. The molecule has 0 atom stereocenters. The van der Waals surface area contributed by atoms with Gasteiger partial charge in [-0.15, -0.1) is 11.3 Å². The van der Waals surface area contributed by atoms with Gasteiger partial charge in [-0.2, -0.15) is 5.10 Å². The van der Waals surface area contributed by atoms with E-state index in [2.05, 4.69) is 15.5 Å². The fourth-order valence-corrected chi connectivity index (χ4v) is 3.57. The van der Waals surface area contributed by atoms with E-state index < -0.39 is 0 Å². The van der Waals surface area contributed by atoms with Crippen LogP contribution in [0.5, 0.6) is 5.75 Å². The molecule has 4 aromatic rings. The summed E-state index contributed by atoms with van der Waals surface area (Å²) in [6.45, 7) is 0.394. The van der Waals surface area contributed by atoms with Crippen LogP contribution in [0.4, 0.5) is 5.13 Å². The first-order valence-corrected chi connectivity index (χ1v) is 10.3. The van der Waals surface area contributed by atoms with Crippen LogP contribution in [0.3, 0.4) is 0 Å². The summed E-state index contributed by atoms with van der Waals surface area (Å²) in [6, 6.07) is 25.5. The molecule has 0 saturated heterocycles. The summed E-state index contributed by atoms with van der Waals surface area (Å²) in [5, 5.41) is 7.75. The summed E-state index contributed by atoms with van der Waals surface area (Å²) >= 11 is 7.72. The Morgan fingerprint density at radius 1 is 0.966 bits per heavy atom. The highest BCUT2D eigenvalue weighted by atomic mass is 35.5. The zero-order chi connectivity index (χ0) is 19.9. The van der Waals surface area contributed by atoms with E-state index in [1.807, 2.05) is 84.2 Å². The van der Waals surface area contributed by atoms with Crippen LogP contribution in [0.1, 0.15) is 11.1 Å². The molecule has 1 aromatic heterocycles. The monoisotopic (exact) mass is 419 g/mol. The van der Waals surface area contributed by atoms with Crippen molar-refractivity contribution in [2.75, 3.05) is 5.43 Å². The largest absolute Gasteiger partial charge is 0.488 e. The highest BCUT2D eigenvalue weighted by Crippen LogP contribution is 2.25. The first-order valence-electron chi connectivity index (χ1n) is 9.05. The number of para-hydroxylation sites is 1. The van der Waals surface area contributed by atoms with Crippen molar-refractivity contribution in [1.29, 1.82) is 0 Å². The molecule has 4 rings (SSSR count). The van der Waals surface area contributed by atoms with Crippen LogP contribution in [-0.2, 0) is 6.61 Å². The molecule has 1 N–H and O–H groups in total. The van der Waals surface area contributed by atoms with Crippen LogP contribution in [0.15, 0.2) is 89.3 Å². The Hall–Kier alpha value is -3.15. The first kappa shape index (κ1) is 19.2. The molecule has 3 aromatic carbocycles. The Morgan fingerprint density at radius 2 is 1.72 bits per heavy atom. The molecule has 29 heavy (non-hydrogen) atoms. The average Bonchev–Trinajstić information content (AvgIpc) is 3.24. The van der Waals surface area contributed by atoms with Crippen LogP contribution < -0.4 is 10.2 Å². The van der Waals surface area contributed by atoms with Crippen molar-refractivity contribution in [3.8, 4) is 17.0 Å². The number of benzene rings is 3. The number of hydrogen-bond acceptors (Lipinski definition) is 5. The maximum atomic E-state index is 6.21. The average molecular weight is 420 g/mol. The molecule has 0 fully saturated rings. The molecule has 0 radical (unpaired) electrons. The summed E-state index contributed by atoms with van der Waals surface area (Å²) in [6.07, 6.45) is 1.73. The summed E-state index contributed by atoms with van der Waals surface area (Å²) in [4.78, 5) is 4.57. The lowest BCUT2D eigenvalue weighted by atomic mass is 10.2. The lowest BCUT2D eigenvalue weighted by Gasteiger charge is -2.10. The second-order valence-corrected chi connectivity index (χ2v) is 7.46. The Bertz CT molecular complexity index is 1110. The van der Waals surface area contributed by atoms with Gasteiger partial charge in [0.2, 0.25) is 5.13 Å². The second kappa shape index (κ2) is 9.37. The molecule has 0 aliphatic carbocycles. The number of hydrogen-bond donors (Lipinski definition) is 1. The number of anilines is 1. The van der Waals surface area contributed by atoms with Gasteiger partial charge in [0.1, 0.15) is 12.4 Å². The molecular weight excluding hydrogens is 402 g/mol. The third-order valence-corrected chi connectivity index (χ3v) is 5.31. The lowest BCUT2D eigenvalue weighted by molar-refractivity contribution is 0.306. The molecule has 144 valence electrons. The normalized spacial score (nSPS) is 10.9. The van der Waals surface area contributed by atoms with E-state index in [0.717, 1.165) is 33.3 Å². The fraction of sp³-hybridized carbons (Fsp3) is 0.0435. The van der Waals surface area contributed by atoms with Gasteiger partial charge >= 0.3 is 0 Å². The number of halogens is 1. The molecule has 1 heterocycles. The topological polar surface area (TPSA) is 46.5 Å². The van der Waals surface area contributed by atoms with Crippen LogP contribution in [0.25, 0.3) is 11.3 Å². The third-order valence-electron chi connectivity index (χ3n) is 4.20. The summed E-state index contributed by atoms with van der Waals surface area (Å²) in [7, 11) is 0. The smallest absolute Gasteiger partial charge is 0.203 e. The summed E-state index contributed by atoms with van der Waals surface area (Å²) < 4.78 is 5.95. The van der Waals surface area contributed by atoms with E-state index in [4.69, 9.17) is 16.3 Å². The molecule has 0 spiro atoms. The van der Waals surface area contributed by atoms with E-state index in [1.54, 1.807) is 6.21 Å². The van der Waals surface area contributed by atoms with Crippen molar-refractivity contribution in [2.45, 2.75) is 6.61 Å². The molecule has 6 heteroatoms. The van der Waals surface area contributed by atoms with E-state index in [-0.39, 0.29) is 0 Å². The van der Waals surface area contributed by atoms with Crippen molar-refractivity contribution in [2.24, 2.45) is 5.10 Å². The van der Waals surface area contributed by atoms with Crippen molar-refractivity contribution in [1.82, 2.24) is 4.98 Å². The van der Waals surface area contributed by atoms with E-state index in [9.17, 15) is 0 Å². The Labute approximate surface area is 178 Å². The van der Waals surface area contributed by atoms with Gasteiger partial charge in [0.05, 0.1) is 11.9 Å². The van der Waals surface area contributed by atoms with Gasteiger partial charge in [0.15, 0.2) is 0 Å². The molecular formula is C23H18ClN3OS. The Kier molecular flexibility index (Phi) is 6.19.